The molecule has 2 N–H and O–H groups in total. The van der Waals surface area contributed by atoms with Crippen LogP contribution in [0.1, 0.15) is 46.0 Å². The number of fused-ring (bicyclic) bond motifs is 2. The summed E-state index contributed by atoms with van der Waals surface area (Å²) in [5, 5.41) is 22.4. The molecule has 4 aliphatic carbocycles. The maximum absolute atomic E-state index is 13.2. The van der Waals surface area contributed by atoms with Crippen molar-refractivity contribution in [2.24, 2.45) is 34.0 Å². The minimum absolute atomic E-state index is 0.0689. The van der Waals surface area contributed by atoms with Crippen molar-refractivity contribution < 1.29 is 24.5 Å². The fourth-order valence-corrected chi connectivity index (χ4v) is 7.90. The lowest BCUT2D eigenvalue weighted by Gasteiger charge is -2.63. The van der Waals surface area contributed by atoms with Crippen molar-refractivity contribution >= 4 is 11.8 Å². The van der Waals surface area contributed by atoms with Crippen molar-refractivity contribution in [2.75, 3.05) is 0 Å². The van der Waals surface area contributed by atoms with Crippen LogP contribution in [-0.2, 0) is 14.3 Å². The third-order valence-electron chi connectivity index (χ3n) is 8.65. The first-order chi connectivity index (χ1) is 11.7. The zero-order valence-electron chi connectivity index (χ0n) is 14.8. The predicted molar refractivity (Wildman–Crippen MR) is 88.2 cm³/mol. The summed E-state index contributed by atoms with van der Waals surface area (Å²) in [5.74, 6) is -0.923. The van der Waals surface area contributed by atoms with Crippen LogP contribution in [0.2, 0.25) is 0 Å². The van der Waals surface area contributed by atoms with Gasteiger partial charge < -0.3 is 14.9 Å². The summed E-state index contributed by atoms with van der Waals surface area (Å²) in [7, 11) is 0. The van der Waals surface area contributed by atoms with E-state index in [0.29, 0.717) is 18.4 Å². The molecule has 1 heterocycles. The highest BCUT2D eigenvalue weighted by atomic mass is 16.6. The summed E-state index contributed by atoms with van der Waals surface area (Å²) < 4.78 is 5.72. The van der Waals surface area contributed by atoms with E-state index in [2.05, 4.69) is 13.5 Å². The Morgan fingerprint density at radius 3 is 2.60 bits per heavy atom. The van der Waals surface area contributed by atoms with Crippen LogP contribution >= 0.6 is 0 Å². The number of aliphatic hydroxyl groups excluding tert-OH is 2. The summed E-state index contributed by atoms with van der Waals surface area (Å²) in [6.07, 6.45) is 1.17. The molecule has 136 valence electrons. The van der Waals surface area contributed by atoms with Crippen LogP contribution in [0.4, 0.5) is 0 Å². The van der Waals surface area contributed by atoms with E-state index in [-0.39, 0.29) is 29.5 Å². The van der Waals surface area contributed by atoms with Crippen molar-refractivity contribution in [1.29, 1.82) is 0 Å². The molecule has 0 aromatic carbocycles. The Bertz CT molecular complexity index is 715. The summed E-state index contributed by atoms with van der Waals surface area (Å²) in [5.41, 5.74) is -1.54. The van der Waals surface area contributed by atoms with E-state index in [1.807, 2.05) is 6.92 Å². The summed E-state index contributed by atoms with van der Waals surface area (Å²) >= 11 is 0. The number of allylic oxidation sites excluding steroid dienone is 1. The van der Waals surface area contributed by atoms with Crippen LogP contribution in [0.3, 0.4) is 0 Å². The number of Topliss-reactive ketones (excluding diaryl/α,β-unsaturated/α-hetero) is 1. The van der Waals surface area contributed by atoms with Crippen LogP contribution in [0.5, 0.6) is 0 Å². The van der Waals surface area contributed by atoms with Crippen molar-refractivity contribution in [1.82, 2.24) is 0 Å². The molecule has 5 fully saturated rings. The zero-order valence-corrected chi connectivity index (χ0v) is 14.8. The van der Waals surface area contributed by atoms with Gasteiger partial charge in [-0.05, 0) is 49.5 Å². The first-order valence-corrected chi connectivity index (χ1v) is 9.49. The predicted octanol–water partition coefficient (Wildman–Crippen LogP) is 1.61. The molecule has 9 atom stereocenters. The first kappa shape index (κ1) is 16.0. The number of rotatable bonds is 0. The Kier molecular flexibility index (Phi) is 2.80. The van der Waals surface area contributed by atoms with Crippen LogP contribution in [0, 0.1) is 34.0 Å². The number of hydrogen-bond acceptors (Lipinski definition) is 5. The molecule has 0 amide bonds. The molecule has 5 aliphatic rings. The Hall–Kier alpha value is -1.20. The average molecular weight is 346 g/mol. The molecular weight excluding hydrogens is 320 g/mol. The number of carbonyl (C=O) groups is 2. The van der Waals surface area contributed by atoms with E-state index in [9.17, 15) is 19.8 Å². The van der Waals surface area contributed by atoms with Gasteiger partial charge in [0.15, 0.2) is 5.78 Å². The Morgan fingerprint density at radius 1 is 1.16 bits per heavy atom. The number of hydrogen-bond donors (Lipinski definition) is 2. The second-order valence-electron chi connectivity index (χ2n) is 9.65. The van der Waals surface area contributed by atoms with Crippen LogP contribution in [-0.4, -0.2) is 40.3 Å². The van der Waals surface area contributed by atoms with Gasteiger partial charge in [0.2, 0.25) is 0 Å². The molecule has 5 rings (SSSR count). The van der Waals surface area contributed by atoms with Crippen molar-refractivity contribution in [3.05, 3.63) is 12.2 Å². The second kappa shape index (κ2) is 4.37. The minimum atomic E-state index is -1.05. The normalized spacial score (nSPS) is 59.4. The molecule has 1 saturated heterocycles. The van der Waals surface area contributed by atoms with Crippen molar-refractivity contribution in [3.8, 4) is 0 Å². The van der Waals surface area contributed by atoms with Gasteiger partial charge in [-0.25, -0.2) is 0 Å². The van der Waals surface area contributed by atoms with Crippen molar-refractivity contribution in [3.63, 3.8) is 0 Å². The third kappa shape index (κ3) is 1.47. The third-order valence-corrected chi connectivity index (χ3v) is 8.65. The lowest BCUT2D eigenvalue weighted by Crippen LogP contribution is -2.70. The fourth-order valence-electron chi connectivity index (χ4n) is 7.90. The van der Waals surface area contributed by atoms with Gasteiger partial charge in [0, 0.05) is 11.8 Å². The molecule has 7 unspecified atom stereocenters. The van der Waals surface area contributed by atoms with Gasteiger partial charge in [0.25, 0.3) is 0 Å². The fraction of sp³-hybridized carbons (Fsp3) is 0.800. The van der Waals surface area contributed by atoms with Crippen LogP contribution < -0.4 is 0 Å². The maximum Gasteiger partial charge on any atom is 0.312 e. The molecular formula is C20H26O5. The molecule has 0 radical (unpaired) electrons. The number of ketones is 1. The topological polar surface area (TPSA) is 83.8 Å². The SMILES string of the molecule is C=C1C(=O)C23CC1CC(O)C2[C@]1(C)CCCC2(C)C(=O)OC(C21)[C@@H]3O. The van der Waals surface area contributed by atoms with Gasteiger partial charge in [-0.15, -0.1) is 0 Å². The number of esters is 1. The van der Waals surface area contributed by atoms with E-state index in [4.69, 9.17) is 4.74 Å². The molecule has 2 bridgehead atoms. The highest BCUT2D eigenvalue weighted by Crippen LogP contribution is 2.73. The molecule has 25 heavy (non-hydrogen) atoms. The zero-order chi connectivity index (χ0) is 17.9. The molecule has 4 saturated carbocycles. The standard InChI is InChI=1S/C20H26O5/c1-9-10-7-11(21)13-18(2)5-4-6-19(3)14(18)12(25-17(19)24)16(23)20(13,8-10)15(9)22/h10-14,16,21,23H,1,4-8H2,2-3H3/t10?,11?,12?,13?,14?,16-,18-,19?,20?/m0/s1. The first-order valence-electron chi connectivity index (χ1n) is 9.49. The second-order valence-corrected chi connectivity index (χ2v) is 9.65. The van der Waals surface area contributed by atoms with E-state index < -0.39 is 34.6 Å². The van der Waals surface area contributed by atoms with Crippen LogP contribution in [0.25, 0.3) is 0 Å². The smallest absolute Gasteiger partial charge is 0.312 e. The Labute approximate surface area is 147 Å². The van der Waals surface area contributed by atoms with Gasteiger partial charge in [-0.2, -0.15) is 0 Å². The van der Waals surface area contributed by atoms with E-state index in [0.717, 1.165) is 19.3 Å². The Balaban J connectivity index is 1.76. The summed E-state index contributed by atoms with van der Waals surface area (Å²) in [6, 6.07) is 0. The highest BCUT2D eigenvalue weighted by Gasteiger charge is 2.78. The molecule has 0 aromatic heterocycles. The largest absolute Gasteiger partial charge is 0.459 e. The highest BCUT2D eigenvalue weighted by molar-refractivity contribution is 6.04. The van der Waals surface area contributed by atoms with Crippen LogP contribution in [0.15, 0.2) is 12.2 Å². The maximum atomic E-state index is 13.2. The lowest BCUT2D eigenvalue weighted by molar-refractivity contribution is -0.239. The van der Waals surface area contributed by atoms with E-state index in [1.165, 1.54) is 0 Å². The minimum Gasteiger partial charge on any atom is -0.459 e. The monoisotopic (exact) mass is 346 g/mol. The number of aliphatic hydroxyl groups is 2. The van der Waals surface area contributed by atoms with Gasteiger partial charge in [-0.3, -0.25) is 9.59 Å². The Morgan fingerprint density at radius 2 is 1.88 bits per heavy atom. The number of ether oxygens (including phenoxy) is 1. The molecule has 5 heteroatoms. The molecule has 5 nitrogen and oxygen atoms in total. The van der Waals surface area contributed by atoms with Gasteiger partial charge in [0.05, 0.1) is 16.9 Å². The molecule has 0 aromatic rings. The van der Waals surface area contributed by atoms with E-state index in [1.54, 1.807) is 0 Å². The van der Waals surface area contributed by atoms with Gasteiger partial charge >= 0.3 is 5.97 Å². The van der Waals surface area contributed by atoms with E-state index >= 15 is 0 Å². The van der Waals surface area contributed by atoms with Gasteiger partial charge in [0.1, 0.15) is 12.2 Å². The van der Waals surface area contributed by atoms with Crippen molar-refractivity contribution in [2.45, 2.75) is 64.3 Å². The van der Waals surface area contributed by atoms with Gasteiger partial charge in [-0.1, -0.05) is 19.9 Å². The summed E-state index contributed by atoms with van der Waals surface area (Å²) in [4.78, 5) is 25.9. The average Bonchev–Trinajstić information content (AvgIpc) is 2.92. The molecule has 1 spiro atoms. The quantitative estimate of drug-likeness (QED) is 0.514. The molecule has 1 aliphatic heterocycles. The summed E-state index contributed by atoms with van der Waals surface area (Å²) in [6.45, 7) is 8.02. The number of carbonyl (C=O) groups excluding carboxylic acids is 2. The lowest BCUT2D eigenvalue weighted by atomic mass is 9.39.